The number of ether oxygens (including phenoxy) is 1. The Labute approximate surface area is 127 Å². The molecule has 0 spiro atoms. The summed E-state index contributed by atoms with van der Waals surface area (Å²) < 4.78 is 17.0. The van der Waals surface area contributed by atoms with Crippen molar-refractivity contribution < 1.29 is 34.0 Å². The van der Waals surface area contributed by atoms with Gasteiger partial charge < -0.3 is 25.6 Å². The Balaban J connectivity index is 2.56. The van der Waals surface area contributed by atoms with E-state index in [1.807, 2.05) is 0 Å². The predicted octanol–water partition coefficient (Wildman–Crippen LogP) is 0.722. The van der Waals surface area contributed by atoms with Crippen molar-refractivity contribution in [2.24, 2.45) is 5.73 Å². The van der Waals surface area contributed by atoms with Crippen molar-refractivity contribution in [1.29, 1.82) is 0 Å². The highest BCUT2D eigenvalue weighted by Gasteiger charge is 2.22. The summed E-state index contributed by atoms with van der Waals surface area (Å²) in [4.78, 5) is 30.8. The minimum Gasteiger partial charge on any atom is -0.482 e. The van der Waals surface area contributed by atoms with Gasteiger partial charge in [0.25, 0.3) is 0 Å². The molecular weight excluding hydrogens is 313 g/mol. The zero-order valence-corrected chi connectivity index (χ0v) is 12.6. The molecule has 0 aliphatic carbocycles. The lowest BCUT2D eigenvalue weighted by Gasteiger charge is -2.13. The molecule has 0 aromatic heterocycles. The fourth-order valence-electron chi connectivity index (χ4n) is 1.66. The van der Waals surface area contributed by atoms with E-state index in [0.29, 0.717) is 11.3 Å². The van der Waals surface area contributed by atoms with Gasteiger partial charge in [-0.15, -0.1) is 0 Å². The Morgan fingerprint density at radius 1 is 1.23 bits per heavy atom. The van der Waals surface area contributed by atoms with E-state index >= 15 is 0 Å². The van der Waals surface area contributed by atoms with Crippen LogP contribution in [0.1, 0.15) is 12.0 Å². The van der Waals surface area contributed by atoms with Crippen LogP contribution in [0.25, 0.3) is 0 Å². The number of carbonyl (C=O) groups is 2. The maximum Gasteiger partial charge on any atom is 0.341 e. The summed E-state index contributed by atoms with van der Waals surface area (Å²) in [6.07, 6.45) is -0.376. The molecular formula is C13H18NO7P. The maximum atomic E-state index is 12.0. The van der Waals surface area contributed by atoms with E-state index in [9.17, 15) is 19.0 Å². The van der Waals surface area contributed by atoms with Crippen molar-refractivity contribution in [3.8, 4) is 5.75 Å². The first kappa shape index (κ1) is 18.2. The zero-order chi connectivity index (χ0) is 16.8. The standard InChI is InChI=1S/C13H18NO7P/c14-11(13(17)18)5-6-22(19,20)8-9-1-3-10(4-2-9)21-7-12(15)16/h1-4,11H,5-8,14H2,(H,15,16)(H,17,18)(H,19,20)/t11-/m0/s1. The fraction of sp³-hybridized carbons (Fsp3) is 0.385. The number of aliphatic carboxylic acids is 2. The second kappa shape index (κ2) is 7.93. The molecule has 0 amide bonds. The molecule has 1 aromatic carbocycles. The Morgan fingerprint density at radius 2 is 1.82 bits per heavy atom. The molecule has 2 atom stereocenters. The SMILES string of the molecule is N[C@@H](CCP(=O)(O)Cc1ccc(OCC(=O)O)cc1)C(=O)O. The highest BCUT2D eigenvalue weighted by Crippen LogP contribution is 2.45. The normalized spacial score (nSPS) is 14.8. The minimum absolute atomic E-state index is 0.0804. The summed E-state index contributed by atoms with van der Waals surface area (Å²) in [5, 5.41) is 17.1. The van der Waals surface area contributed by atoms with Gasteiger partial charge in [-0.1, -0.05) is 12.1 Å². The Hall–Kier alpha value is -1.89. The molecule has 0 bridgehead atoms. The highest BCUT2D eigenvalue weighted by molar-refractivity contribution is 7.57. The van der Waals surface area contributed by atoms with Gasteiger partial charge in [0.15, 0.2) is 6.61 Å². The van der Waals surface area contributed by atoms with Gasteiger partial charge >= 0.3 is 11.9 Å². The molecule has 0 saturated carbocycles. The molecule has 1 rings (SSSR count). The van der Waals surface area contributed by atoms with Crippen molar-refractivity contribution in [3.63, 3.8) is 0 Å². The smallest absolute Gasteiger partial charge is 0.341 e. The molecule has 1 aromatic rings. The monoisotopic (exact) mass is 331 g/mol. The molecule has 0 saturated heterocycles. The topological polar surface area (TPSA) is 147 Å². The van der Waals surface area contributed by atoms with Crippen molar-refractivity contribution >= 4 is 19.3 Å². The van der Waals surface area contributed by atoms with Crippen molar-refractivity contribution in [2.75, 3.05) is 12.8 Å². The van der Waals surface area contributed by atoms with Crippen LogP contribution < -0.4 is 10.5 Å². The Bertz CT molecular complexity index is 572. The van der Waals surface area contributed by atoms with Gasteiger partial charge in [0, 0.05) is 12.3 Å². The van der Waals surface area contributed by atoms with E-state index in [1.54, 1.807) is 12.1 Å². The summed E-state index contributed by atoms with van der Waals surface area (Å²) in [6.45, 7) is -0.467. The number of nitrogens with two attached hydrogens (primary N) is 1. The van der Waals surface area contributed by atoms with Crippen molar-refractivity contribution in [3.05, 3.63) is 29.8 Å². The number of rotatable bonds is 9. The largest absolute Gasteiger partial charge is 0.482 e. The third-order valence-electron chi connectivity index (χ3n) is 2.82. The average Bonchev–Trinajstić information content (AvgIpc) is 2.43. The molecule has 8 nitrogen and oxygen atoms in total. The molecule has 0 heterocycles. The lowest BCUT2D eigenvalue weighted by Crippen LogP contribution is -2.30. The molecule has 9 heteroatoms. The van der Waals surface area contributed by atoms with E-state index in [2.05, 4.69) is 0 Å². The molecule has 0 fully saturated rings. The first-order chi connectivity index (χ1) is 10.2. The fourth-order valence-corrected chi connectivity index (χ4v) is 3.29. The van der Waals surface area contributed by atoms with Gasteiger partial charge in [0.1, 0.15) is 11.8 Å². The van der Waals surface area contributed by atoms with E-state index < -0.39 is 32.0 Å². The van der Waals surface area contributed by atoms with Crippen LogP contribution in [0.4, 0.5) is 0 Å². The van der Waals surface area contributed by atoms with Crippen LogP contribution in [-0.2, 0) is 20.3 Å². The van der Waals surface area contributed by atoms with Gasteiger partial charge in [-0.3, -0.25) is 9.36 Å². The predicted molar refractivity (Wildman–Crippen MR) is 78.2 cm³/mol. The van der Waals surface area contributed by atoms with Gasteiger partial charge in [-0.25, -0.2) is 4.79 Å². The van der Waals surface area contributed by atoms with Gasteiger partial charge in [0.05, 0.1) is 0 Å². The summed E-state index contributed by atoms with van der Waals surface area (Å²) in [5.41, 5.74) is 5.87. The third-order valence-corrected chi connectivity index (χ3v) is 4.64. The zero-order valence-electron chi connectivity index (χ0n) is 11.7. The second-order valence-corrected chi connectivity index (χ2v) is 7.24. The number of hydrogen-bond donors (Lipinski definition) is 4. The maximum absolute atomic E-state index is 12.0. The quantitative estimate of drug-likeness (QED) is 0.484. The second-order valence-electron chi connectivity index (χ2n) is 4.79. The number of carboxylic acids is 2. The van der Waals surface area contributed by atoms with E-state index in [1.165, 1.54) is 12.1 Å². The molecule has 5 N–H and O–H groups in total. The highest BCUT2D eigenvalue weighted by atomic mass is 31.2. The lowest BCUT2D eigenvalue weighted by atomic mass is 10.2. The lowest BCUT2D eigenvalue weighted by molar-refractivity contribution is -0.139. The Kier molecular flexibility index (Phi) is 6.55. The van der Waals surface area contributed by atoms with Crippen LogP contribution in [0, 0.1) is 0 Å². The van der Waals surface area contributed by atoms with Crippen LogP contribution in [0.2, 0.25) is 0 Å². The number of carboxylic acid groups (broad SMARTS) is 2. The molecule has 22 heavy (non-hydrogen) atoms. The molecule has 122 valence electrons. The summed E-state index contributed by atoms with van der Waals surface area (Å²) >= 11 is 0. The Morgan fingerprint density at radius 3 is 2.32 bits per heavy atom. The average molecular weight is 331 g/mol. The molecule has 1 unspecified atom stereocenters. The minimum atomic E-state index is -3.53. The van der Waals surface area contributed by atoms with Crippen LogP contribution in [0.3, 0.4) is 0 Å². The van der Waals surface area contributed by atoms with E-state index in [-0.39, 0.29) is 18.7 Å². The first-order valence-corrected chi connectivity index (χ1v) is 8.45. The molecule has 0 radical (unpaired) electrons. The first-order valence-electron chi connectivity index (χ1n) is 6.42. The molecule has 0 aliphatic rings. The van der Waals surface area contributed by atoms with Crippen LogP contribution >= 0.6 is 7.37 Å². The van der Waals surface area contributed by atoms with Crippen molar-refractivity contribution in [1.82, 2.24) is 0 Å². The van der Waals surface area contributed by atoms with Crippen LogP contribution in [0.15, 0.2) is 24.3 Å². The van der Waals surface area contributed by atoms with Crippen molar-refractivity contribution in [2.45, 2.75) is 18.6 Å². The molecule has 0 aliphatic heterocycles. The van der Waals surface area contributed by atoms with E-state index in [4.69, 9.17) is 20.7 Å². The summed E-state index contributed by atoms with van der Waals surface area (Å²) in [6, 6.07) is 4.95. The summed E-state index contributed by atoms with van der Waals surface area (Å²) in [5.74, 6) is -1.97. The van der Waals surface area contributed by atoms with Crippen LogP contribution in [0.5, 0.6) is 5.75 Å². The van der Waals surface area contributed by atoms with Crippen LogP contribution in [-0.4, -0.2) is 45.9 Å². The van der Waals surface area contributed by atoms with Gasteiger partial charge in [0.2, 0.25) is 7.37 Å². The number of benzene rings is 1. The van der Waals surface area contributed by atoms with Gasteiger partial charge in [-0.05, 0) is 24.1 Å². The summed E-state index contributed by atoms with van der Waals surface area (Å²) in [7, 11) is -3.53. The van der Waals surface area contributed by atoms with Gasteiger partial charge in [-0.2, -0.15) is 0 Å². The van der Waals surface area contributed by atoms with E-state index in [0.717, 1.165) is 0 Å². The number of hydrogen-bond acceptors (Lipinski definition) is 5. The third kappa shape index (κ3) is 6.71.